The molecule has 2 heterocycles. The van der Waals surface area contributed by atoms with Gasteiger partial charge >= 0.3 is 0 Å². The first-order valence-corrected chi connectivity index (χ1v) is 9.10. The van der Waals surface area contributed by atoms with E-state index in [1.54, 1.807) is 16.9 Å². The third kappa shape index (κ3) is 4.10. The Labute approximate surface area is 155 Å². The van der Waals surface area contributed by atoms with E-state index in [4.69, 9.17) is 17.3 Å². The Morgan fingerprint density at radius 1 is 1.36 bits per heavy atom. The first kappa shape index (κ1) is 17.7. The van der Waals surface area contributed by atoms with Gasteiger partial charge in [0.1, 0.15) is 4.34 Å². The summed E-state index contributed by atoms with van der Waals surface area (Å²) in [5.41, 5.74) is 8.65. The highest BCUT2D eigenvalue weighted by Crippen LogP contribution is 2.35. The Kier molecular flexibility index (Phi) is 5.53. The highest BCUT2D eigenvalue weighted by atomic mass is 35.5. The summed E-state index contributed by atoms with van der Waals surface area (Å²) in [6.07, 6.45) is 2.39. The third-order valence-corrected chi connectivity index (χ3v) is 5.31. The summed E-state index contributed by atoms with van der Waals surface area (Å²) in [6.45, 7) is 0.369. The van der Waals surface area contributed by atoms with Gasteiger partial charge in [-0.15, -0.1) is 11.3 Å². The number of nitrogens with zero attached hydrogens (tertiary/aromatic N) is 2. The summed E-state index contributed by atoms with van der Waals surface area (Å²) < 4.78 is 2.30. The number of halogens is 1. The standard InChI is InChI=1S/C18H19ClN4OS/c1-23-15(7-8-21-23)14-10-16(25-17(14)19)18(24)22-13(11-20)9-12-5-3-2-4-6-12/h2-8,10,13H,9,11,20H2,1H3,(H,22,24). The summed E-state index contributed by atoms with van der Waals surface area (Å²) >= 11 is 7.58. The highest BCUT2D eigenvalue weighted by Gasteiger charge is 2.19. The van der Waals surface area contributed by atoms with Crippen molar-refractivity contribution in [2.75, 3.05) is 6.54 Å². The second-order valence-electron chi connectivity index (χ2n) is 5.73. The SMILES string of the molecule is Cn1nccc1-c1cc(C(=O)NC(CN)Cc2ccccc2)sc1Cl. The number of carbonyl (C=O) groups excluding carboxylic acids is 1. The summed E-state index contributed by atoms with van der Waals surface area (Å²) in [4.78, 5) is 13.1. The van der Waals surface area contributed by atoms with Gasteiger partial charge in [-0.25, -0.2) is 0 Å². The summed E-state index contributed by atoms with van der Waals surface area (Å²) in [5, 5.41) is 7.14. The molecular weight excluding hydrogens is 356 g/mol. The Hall–Kier alpha value is -2.15. The van der Waals surface area contributed by atoms with Gasteiger partial charge in [0.25, 0.3) is 5.91 Å². The maximum absolute atomic E-state index is 12.6. The zero-order valence-electron chi connectivity index (χ0n) is 13.8. The number of amides is 1. The van der Waals surface area contributed by atoms with Gasteiger partial charge in [-0.3, -0.25) is 9.48 Å². The number of aromatic nitrogens is 2. The molecule has 2 aromatic heterocycles. The quantitative estimate of drug-likeness (QED) is 0.696. The summed E-state index contributed by atoms with van der Waals surface area (Å²) in [7, 11) is 1.84. The molecule has 0 fully saturated rings. The van der Waals surface area contributed by atoms with Crippen molar-refractivity contribution in [3.8, 4) is 11.3 Å². The van der Waals surface area contributed by atoms with Crippen molar-refractivity contribution in [3.05, 3.63) is 63.4 Å². The van der Waals surface area contributed by atoms with Crippen LogP contribution in [0.4, 0.5) is 0 Å². The monoisotopic (exact) mass is 374 g/mol. The summed E-state index contributed by atoms with van der Waals surface area (Å²) in [5.74, 6) is -0.160. The van der Waals surface area contributed by atoms with Gasteiger partial charge in [0.2, 0.25) is 0 Å². The maximum atomic E-state index is 12.6. The van der Waals surface area contributed by atoms with Crippen molar-refractivity contribution >= 4 is 28.8 Å². The number of aryl methyl sites for hydroxylation is 1. The first-order chi connectivity index (χ1) is 12.1. The Morgan fingerprint density at radius 2 is 2.12 bits per heavy atom. The average molecular weight is 375 g/mol. The normalized spacial score (nSPS) is 12.1. The van der Waals surface area contributed by atoms with Crippen LogP contribution in [-0.4, -0.2) is 28.3 Å². The molecule has 0 saturated heterocycles. The van der Waals surface area contributed by atoms with Crippen molar-refractivity contribution in [1.82, 2.24) is 15.1 Å². The fourth-order valence-electron chi connectivity index (χ4n) is 2.64. The molecule has 0 aliphatic rings. The topological polar surface area (TPSA) is 72.9 Å². The molecule has 3 aromatic rings. The minimum Gasteiger partial charge on any atom is -0.347 e. The number of nitrogens with two attached hydrogens (primary N) is 1. The molecule has 25 heavy (non-hydrogen) atoms. The second-order valence-corrected chi connectivity index (χ2v) is 7.39. The van der Waals surface area contributed by atoms with E-state index in [2.05, 4.69) is 10.4 Å². The minimum absolute atomic E-state index is 0.129. The lowest BCUT2D eigenvalue weighted by Crippen LogP contribution is -2.41. The van der Waals surface area contributed by atoms with Crippen LogP contribution in [0.2, 0.25) is 4.34 Å². The van der Waals surface area contributed by atoms with Crippen LogP contribution in [0.25, 0.3) is 11.3 Å². The number of carbonyl (C=O) groups is 1. The first-order valence-electron chi connectivity index (χ1n) is 7.91. The van der Waals surface area contributed by atoms with Crippen LogP contribution in [0, 0.1) is 0 Å². The fourth-order valence-corrected chi connectivity index (χ4v) is 3.84. The molecule has 0 aliphatic carbocycles. The van der Waals surface area contributed by atoms with Crippen molar-refractivity contribution in [3.63, 3.8) is 0 Å². The van der Waals surface area contributed by atoms with Crippen molar-refractivity contribution in [2.24, 2.45) is 12.8 Å². The lowest BCUT2D eigenvalue weighted by molar-refractivity contribution is 0.0942. The molecule has 5 nitrogen and oxygen atoms in total. The molecule has 7 heteroatoms. The minimum atomic E-state index is -0.160. The fraction of sp³-hybridized carbons (Fsp3) is 0.222. The van der Waals surface area contributed by atoms with Gasteiger partial charge in [-0.2, -0.15) is 5.10 Å². The maximum Gasteiger partial charge on any atom is 0.261 e. The zero-order chi connectivity index (χ0) is 17.8. The second kappa shape index (κ2) is 7.82. The van der Waals surface area contributed by atoms with E-state index in [0.29, 0.717) is 22.2 Å². The Bertz CT molecular complexity index is 859. The molecule has 1 unspecified atom stereocenters. The van der Waals surface area contributed by atoms with E-state index in [9.17, 15) is 4.79 Å². The van der Waals surface area contributed by atoms with Crippen molar-refractivity contribution < 1.29 is 4.79 Å². The van der Waals surface area contributed by atoms with Gasteiger partial charge in [0.05, 0.1) is 10.6 Å². The third-order valence-electron chi connectivity index (χ3n) is 3.95. The van der Waals surface area contributed by atoms with E-state index in [1.807, 2.05) is 43.4 Å². The molecule has 3 rings (SSSR count). The number of rotatable bonds is 6. The lowest BCUT2D eigenvalue weighted by atomic mass is 10.1. The molecule has 3 N–H and O–H groups in total. The number of benzene rings is 1. The van der Waals surface area contributed by atoms with E-state index in [-0.39, 0.29) is 11.9 Å². The van der Waals surface area contributed by atoms with Gasteiger partial charge in [-0.05, 0) is 24.1 Å². The molecule has 0 spiro atoms. The van der Waals surface area contributed by atoms with Gasteiger partial charge in [0, 0.05) is 31.4 Å². The largest absolute Gasteiger partial charge is 0.347 e. The van der Waals surface area contributed by atoms with Gasteiger partial charge in [-0.1, -0.05) is 41.9 Å². The van der Waals surface area contributed by atoms with E-state index in [0.717, 1.165) is 16.8 Å². The van der Waals surface area contributed by atoms with Crippen molar-refractivity contribution in [1.29, 1.82) is 0 Å². The predicted octanol–water partition coefficient (Wildman–Crippen LogP) is 3.10. The van der Waals surface area contributed by atoms with Crippen LogP contribution < -0.4 is 11.1 Å². The van der Waals surface area contributed by atoms with Crippen molar-refractivity contribution in [2.45, 2.75) is 12.5 Å². The molecule has 0 radical (unpaired) electrons. The van der Waals surface area contributed by atoms with Crippen LogP contribution in [-0.2, 0) is 13.5 Å². The Balaban J connectivity index is 1.73. The molecule has 0 aliphatic heterocycles. The van der Waals surface area contributed by atoms with Crippen LogP contribution in [0.5, 0.6) is 0 Å². The molecule has 1 aromatic carbocycles. The number of hydrogen-bond donors (Lipinski definition) is 2. The highest BCUT2D eigenvalue weighted by molar-refractivity contribution is 7.18. The van der Waals surface area contributed by atoms with Gasteiger partial charge < -0.3 is 11.1 Å². The van der Waals surface area contributed by atoms with Crippen LogP contribution in [0.3, 0.4) is 0 Å². The van der Waals surface area contributed by atoms with Crippen LogP contribution in [0.15, 0.2) is 48.7 Å². The number of thiophene rings is 1. The predicted molar refractivity (Wildman–Crippen MR) is 102 cm³/mol. The van der Waals surface area contributed by atoms with E-state index in [1.165, 1.54) is 11.3 Å². The molecular formula is C18H19ClN4OS. The van der Waals surface area contributed by atoms with Crippen LogP contribution >= 0.6 is 22.9 Å². The molecule has 0 bridgehead atoms. The van der Waals surface area contributed by atoms with Gasteiger partial charge in [0.15, 0.2) is 0 Å². The lowest BCUT2D eigenvalue weighted by Gasteiger charge is -2.16. The Morgan fingerprint density at radius 3 is 2.76 bits per heavy atom. The molecule has 0 saturated carbocycles. The zero-order valence-corrected chi connectivity index (χ0v) is 15.3. The summed E-state index contributed by atoms with van der Waals surface area (Å²) in [6, 6.07) is 13.5. The van der Waals surface area contributed by atoms with E-state index >= 15 is 0 Å². The average Bonchev–Trinajstić information content (AvgIpc) is 3.20. The smallest absolute Gasteiger partial charge is 0.261 e. The molecule has 130 valence electrons. The molecule has 1 amide bonds. The van der Waals surface area contributed by atoms with Crippen LogP contribution in [0.1, 0.15) is 15.2 Å². The number of hydrogen-bond acceptors (Lipinski definition) is 4. The number of nitrogens with one attached hydrogen (secondary N) is 1. The van der Waals surface area contributed by atoms with E-state index < -0.39 is 0 Å². The molecule has 1 atom stereocenters.